The molecule has 1 atom stereocenters. The molecule has 0 aliphatic heterocycles. The molecule has 1 amide bonds. The van der Waals surface area contributed by atoms with E-state index >= 15 is 0 Å². The first kappa shape index (κ1) is 12.2. The fourth-order valence-electron chi connectivity index (χ4n) is 1.29. The minimum absolute atomic E-state index is 0.386. The number of hydrogen-bond acceptors (Lipinski definition) is 3. The second-order valence-electron chi connectivity index (χ2n) is 3.39. The van der Waals surface area contributed by atoms with Crippen LogP contribution in [0.2, 0.25) is 0 Å². The molecule has 0 unspecified atom stereocenters. The summed E-state index contributed by atoms with van der Waals surface area (Å²) >= 11 is 0. The Kier molecular flexibility index (Phi) is 4.44. The van der Waals surface area contributed by atoms with Crippen LogP contribution >= 0.6 is 0 Å². The van der Waals surface area contributed by atoms with Gasteiger partial charge in [0.05, 0.1) is 0 Å². The molecule has 1 aromatic rings. The first-order valence-corrected chi connectivity index (χ1v) is 5.08. The van der Waals surface area contributed by atoms with Crippen LogP contribution in [0.5, 0.6) is 0 Å². The van der Waals surface area contributed by atoms with Crippen LogP contribution in [0.3, 0.4) is 0 Å². The number of nitrogens with one attached hydrogen (secondary N) is 1. The summed E-state index contributed by atoms with van der Waals surface area (Å²) in [5.74, 6) is -1.40. The van der Waals surface area contributed by atoms with Gasteiger partial charge in [0.15, 0.2) is 0 Å². The molecule has 0 fully saturated rings. The van der Waals surface area contributed by atoms with E-state index in [1.807, 2.05) is 6.92 Å². The highest BCUT2D eigenvalue weighted by atomic mass is 16.4. The Morgan fingerprint density at radius 1 is 1.44 bits per heavy atom. The molecule has 1 heterocycles. The van der Waals surface area contributed by atoms with Crippen LogP contribution < -0.4 is 5.32 Å². The van der Waals surface area contributed by atoms with Gasteiger partial charge >= 0.3 is 5.97 Å². The molecule has 5 nitrogen and oxygen atoms in total. The zero-order valence-electron chi connectivity index (χ0n) is 9.01. The smallest absolute Gasteiger partial charge is 0.326 e. The quantitative estimate of drug-likeness (QED) is 0.780. The third kappa shape index (κ3) is 3.34. The first-order chi connectivity index (χ1) is 7.65. The summed E-state index contributed by atoms with van der Waals surface area (Å²) in [6.45, 7) is 1.87. The lowest BCUT2D eigenvalue weighted by molar-refractivity contribution is -0.139. The van der Waals surface area contributed by atoms with Gasteiger partial charge in [-0.25, -0.2) is 4.79 Å². The van der Waals surface area contributed by atoms with Crippen molar-refractivity contribution in [3.8, 4) is 0 Å². The van der Waals surface area contributed by atoms with Crippen molar-refractivity contribution in [1.29, 1.82) is 0 Å². The first-order valence-electron chi connectivity index (χ1n) is 5.08. The van der Waals surface area contributed by atoms with E-state index in [4.69, 9.17) is 5.11 Å². The van der Waals surface area contributed by atoms with E-state index in [2.05, 4.69) is 10.3 Å². The lowest BCUT2D eigenvalue weighted by Gasteiger charge is -2.13. The highest BCUT2D eigenvalue weighted by Crippen LogP contribution is 2.01. The SMILES string of the molecule is CCC[C@@H](NC(=O)c1ccncc1)C(=O)O. The molecule has 0 spiro atoms. The number of hydrogen-bond donors (Lipinski definition) is 2. The van der Waals surface area contributed by atoms with E-state index in [1.165, 1.54) is 12.4 Å². The van der Waals surface area contributed by atoms with Gasteiger partial charge in [0.25, 0.3) is 5.91 Å². The second kappa shape index (κ2) is 5.85. The number of carboxylic acid groups (broad SMARTS) is 1. The predicted octanol–water partition coefficient (Wildman–Crippen LogP) is 1.06. The maximum absolute atomic E-state index is 11.6. The number of carbonyl (C=O) groups is 2. The van der Waals surface area contributed by atoms with Gasteiger partial charge in [-0.15, -0.1) is 0 Å². The monoisotopic (exact) mass is 222 g/mol. The van der Waals surface area contributed by atoms with Crippen molar-refractivity contribution < 1.29 is 14.7 Å². The Labute approximate surface area is 93.5 Å². The molecule has 1 aromatic heterocycles. The molecule has 0 aliphatic carbocycles. The normalized spacial score (nSPS) is 11.8. The molecule has 5 heteroatoms. The molecular weight excluding hydrogens is 208 g/mol. The molecule has 86 valence electrons. The Morgan fingerprint density at radius 2 is 2.06 bits per heavy atom. The molecular formula is C11H14N2O3. The number of rotatable bonds is 5. The number of nitrogens with zero attached hydrogens (tertiary/aromatic N) is 1. The largest absolute Gasteiger partial charge is 0.480 e. The third-order valence-electron chi connectivity index (χ3n) is 2.12. The predicted molar refractivity (Wildman–Crippen MR) is 58.0 cm³/mol. The van der Waals surface area contributed by atoms with Gasteiger partial charge in [-0.2, -0.15) is 0 Å². The molecule has 0 radical (unpaired) electrons. The Bertz CT molecular complexity index is 365. The van der Waals surface area contributed by atoms with Gasteiger partial charge in [0, 0.05) is 18.0 Å². The standard InChI is InChI=1S/C11H14N2O3/c1-2-3-9(11(15)16)13-10(14)8-4-6-12-7-5-8/h4-7,9H,2-3H2,1H3,(H,13,14)(H,15,16)/t9-/m1/s1. The molecule has 0 saturated carbocycles. The maximum Gasteiger partial charge on any atom is 0.326 e. The molecule has 1 rings (SSSR count). The van der Waals surface area contributed by atoms with Gasteiger partial charge < -0.3 is 10.4 Å². The van der Waals surface area contributed by atoms with E-state index in [9.17, 15) is 9.59 Å². The highest BCUT2D eigenvalue weighted by Gasteiger charge is 2.19. The molecule has 16 heavy (non-hydrogen) atoms. The van der Waals surface area contributed by atoms with Crippen LogP contribution in [0, 0.1) is 0 Å². The van der Waals surface area contributed by atoms with Crippen LogP contribution in [0.4, 0.5) is 0 Å². The van der Waals surface area contributed by atoms with Gasteiger partial charge in [-0.3, -0.25) is 9.78 Å². The van der Waals surface area contributed by atoms with E-state index in [-0.39, 0.29) is 5.91 Å². The van der Waals surface area contributed by atoms with Crippen molar-refractivity contribution in [2.75, 3.05) is 0 Å². The molecule has 2 N–H and O–H groups in total. The number of carbonyl (C=O) groups excluding carboxylic acids is 1. The van der Waals surface area contributed by atoms with Gasteiger partial charge in [0.2, 0.25) is 0 Å². The molecule has 0 aromatic carbocycles. The summed E-state index contributed by atoms with van der Waals surface area (Å²) in [7, 11) is 0. The summed E-state index contributed by atoms with van der Waals surface area (Å²) < 4.78 is 0. The topological polar surface area (TPSA) is 79.3 Å². The van der Waals surface area contributed by atoms with E-state index in [0.29, 0.717) is 18.4 Å². The summed E-state index contributed by atoms with van der Waals surface area (Å²) in [5, 5.41) is 11.3. The number of pyridine rings is 1. The van der Waals surface area contributed by atoms with E-state index < -0.39 is 12.0 Å². The van der Waals surface area contributed by atoms with Gasteiger partial charge in [-0.05, 0) is 18.6 Å². The molecule has 0 saturated heterocycles. The lowest BCUT2D eigenvalue weighted by atomic mass is 10.1. The van der Waals surface area contributed by atoms with Crippen LogP contribution in [0.15, 0.2) is 24.5 Å². The van der Waals surface area contributed by atoms with Crippen LogP contribution in [0.25, 0.3) is 0 Å². The average Bonchev–Trinajstić information content (AvgIpc) is 2.29. The van der Waals surface area contributed by atoms with Crippen molar-refractivity contribution in [2.24, 2.45) is 0 Å². The zero-order valence-corrected chi connectivity index (χ0v) is 9.01. The second-order valence-corrected chi connectivity index (χ2v) is 3.39. The van der Waals surface area contributed by atoms with Crippen molar-refractivity contribution in [3.05, 3.63) is 30.1 Å². The van der Waals surface area contributed by atoms with Crippen LogP contribution in [-0.2, 0) is 4.79 Å². The van der Waals surface area contributed by atoms with Crippen molar-refractivity contribution in [1.82, 2.24) is 10.3 Å². The van der Waals surface area contributed by atoms with Crippen molar-refractivity contribution in [2.45, 2.75) is 25.8 Å². The minimum atomic E-state index is -1.01. The minimum Gasteiger partial charge on any atom is -0.480 e. The molecule has 0 bridgehead atoms. The highest BCUT2D eigenvalue weighted by molar-refractivity contribution is 5.96. The fourth-order valence-corrected chi connectivity index (χ4v) is 1.29. The Balaban J connectivity index is 2.65. The summed E-state index contributed by atoms with van der Waals surface area (Å²) in [6.07, 6.45) is 4.11. The van der Waals surface area contributed by atoms with Crippen LogP contribution in [-0.4, -0.2) is 28.0 Å². The lowest BCUT2D eigenvalue weighted by Crippen LogP contribution is -2.40. The summed E-state index contributed by atoms with van der Waals surface area (Å²) in [6, 6.07) is 2.26. The van der Waals surface area contributed by atoms with Gasteiger partial charge in [0.1, 0.15) is 6.04 Å². The van der Waals surface area contributed by atoms with Crippen molar-refractivity contribution in [3.63, 3.8) is 0 Å². The summed E-state index contributed by atoms with van der Waals surface area (Å²) in [4.78, 5) is 26.2. The molecule has 0 aliphatic rings. The number of aliphatic carboxylic acids is 1. The number of amides is 1. The fraction of sp³-hybridized carbons (Fsp3) is 0.364. The number of carboxylic acids is 1. The van der Waals surface area contributed by atoms with Crippen molar-refractivity contribution >= 4 is 11.9 Å². The Hall–Kier alpha value is -1.91. The zero-order chi connectivity index (χ0) is 12.0. The Morgan fingerprint density at radius 3 is 2.56 bits per heavy atom. The average molecular weight is 222 g/mol. The maximum atomic E-state index is 11.6. The number of aromatic nitrogens is 1. The third-order valence-corrected chi connectivity index (χ3v) is 2.12. The van der Waals surface area contributed by atoms with E-state index in [1.54, 1.807) is 12.1 Å². The summed E-state index contributed by atoms with van der Waals surface area (Å²) in [5.41, 5.74) is 0.414. The van der Waals surface area contributed by atoms with Gasteiger partial charge in [-0.1, -0.05) is 13.3 Å². The van der Waals surface area contributed by atoms with E-state index in [0.717, 1.165) is 0 Å². The van der Waals surface area contributed by atoms with Crippen LogP contribution in [0.1, 0.15) is 30.1 Å².